The summed E-state index contributed by atoms with van der Waals surface area (Å²) in [6.45, 7) is 0.723. The summed E-state index contributed by atoms with van der Waals surface area (Å²) in [4.78, 5) is 90.2. The highest BCUT2D eigenvalue weighted by Gasteiger charge is 2.31. The fourth-order valence-corrected chi connectivity index (χ4v) is 5.11. The lowest BCUT2D eigenvalue weighted by atomic mass is 10.0. The van der Waals surface area contributed by atoms with E-state index in [-0.39, 0.29) is 82.5 Å². The van der Waals surface area contributed by atoms with E-state index in [9.17, 15) is 28.8 Å². The van der Waals surface area contributed by atoms with Crippen LogP contribution in [0, 0.1) is 0 Å². The van der Waals surface area contributed by atoms with Crippen molar-refractivity contribution in [2.24, 2.45) is 72.3 Å². The van der Waals surface area contributed by atoms with Gasteiger partial charge >= 0.3 is 0 Å². The van der Waals surface area contributed by atoms with Crippen LogP contribution < -0.4 is 83.9 Å². The van der Waals surface area contributed by atoms with Gasteiger partial charge in [-0.1, -0.05) is 0 Å². The number of nitrogens with zero attached hydrogens (tertiary/aromatic N) is 3. The molecule has 0 saturated heterocycles. The van der Waals surface area contributed by atoms with Crippen molar-refractivity contribution in [3.05, 3.63) is 0 Å². The molecule has 25 N–H and O–H groups in total. The van der Waals surface area contributed by atoms with E-state index in [0.717, 1.165) is 0 Å². The number of guanidine groups is 3. The smallest absolute Gasteiger partial charge is 0.243 e. The lowest BCUT2D eigenvalue weighted by Crippen LogP contribution is -2.59. The van der Waals surface area contributed by atoms with Crippen molar-refractivity contribution in [3.63, 3.8) is 0 Å². The molecule has 0 radical (unpaired) electrons. The fourth-order valence-electron chi connectivity index (χ4n) is 5.11. The standard InChI is InChI=1S/C32H66N18O6/c33-13-3-1-9-21(27(54)48-20(11-6-16-44-31(39)40)26(53)46-18-24(36)51)49-28(55)22(10-2-4-14-34)50-29(56)23(12-7-17-45-32(41)42)47-25(52)19(35)8-5-15-43-30(37)38/h19-23H,1-18,33-35H2,(H2,36,51)(H,46,53)(H,47,52)(H,48,54)(H,49,55)(H,50,56)(H4,37,38,43)(H4,39,40,44)(H4,41,42,45)/t19-,20+,21+,22+,23+/m0/s1. The molecule has 0 bridgehead atoms. The van der Waals surface area contributed by atoms with Gasteiger partial charge in [-0.2, -0.15) is 0 Å². The lowest BCUT2D eigenvalue weighted by molar-refractivity contribution is -0.135. The normalized spacial score (nSPS) is 13.3. The van der Waals surface area contributed by atoms with Gasteiger partial charge in [-0.15, -0.1) is 0 Å². The minimum Gasteiger partial charge on any atom is -0.370 e. The number of rotatable bonds is 31. The van der Waals surface area contributed by atoms with Crippen molar-refractivity contribution >= 4 is 53.3 Å². The van der Waals surface area contributed by atoms with Gasteiger partial charge in [0.1, 0.15) is 24.2 Å². The molecule has 0 aromatic rings. The van der Waals surface area contributed by atoms with Gasteiger partial charge in [-0.25, -0.2) is 0 Å². The molecule has 0 saturated carbocycles. The maximum atomic E-state index is 13.9. The molecule has 0 heterocycles. The van der Waals surface area contributed by atoms with Crippen LogP contribution >= 0.6 is 0 Å². The second-order valence-corrected chi connectivity index (χ2v) is 13.0. The molecule has 0 unspecified atom stereocenters. The van der Waals surface area contributed by atoms with Crippen molar-refractivity contribution in [2.45, 2.75) is 107 Å². The average molecular weight is 799 g/mol. The third-order valence-corrected chi connectivity index (χ3v) is 8.06. The van der Waals surface area contributed by atoms with Crippen molar-refractivity contribution in [1.29, 1.82) is 0 Å². The predicted octanol–water partition coefficient (Wildman–Crippen LogP) is -6.73. The third-order valence-electron chi connectivity index (χ3n) is 8.06. The Balaban J connectivity index is 6.24. The van der Waals surface area contributed by atoms with E-state index in [1.165, 1.54) is 0 Å². The average Bonchev–Trinajstić information content (AvgIpc) is 3.13. The Labute approximate surface area is 327 Å². The van der Waals surface area contributed by atoms with Crippen LogP contribution in [0.5, 0.6) is 0 Å². The van der Waals surface area contributed by atoms with Gasteiger partial charge in [0.2, 0.25) is 35.4 Å². The first-order valence-electron chi connectivity index (χ1n) is 18.6. The summed E-state index contributed by atoms with van der Waals surface area (Å²) >= 11 is 0. The van der Waals surface area contributed by atoms with Crippen molar-refractivity contribution in [2.75, 3.05) is 39.3 Å². The number of primary amides is 1. The lowest BCUT2D eigenvalue weighted by Gasteiger charge is -2.27. The van der Waals surface area contributed by atoms with Gasteiger partial charge in [-0.3, -0.25) is 43.7 Å². The maximum Gasteiger partial charge on any atom is 0.243 e. The van der Waals surface area contributed by atoms with E-state index in [1.807, 2.05) is 0 Å². The minimum absolute atomic E-state index is 0.0740. The Morgan fingerprint density at radius 2 is 0.750 bits per heavy atom. The Kier molecular flexibility index (Phi) is 26.9. The fraction of sp³-hybridized carbons (Fsp3) is 0.719. The highest BCUT2D eigenvalue weighted by atomic mass is 16.2. The van der Waals surface area contributed by atoms with Gasteiger partial charge in [0, 0.05) is 19.6 Å². The molecule has 0 fully saturated rings. The van der Waals surface area contributed by atoms with E-state index in [0.29, 0.717) is 45.2 Å². The molecule has 0 aromatic heterocycles. The molecule has 320 valence electrons. The number of carbonyl (C=O) groups excluding carboxylic acids is 6. The first-order valence-corrected chi connectivity index (χ1v) is 18.6. The number of nitrogens with one attached hydrogen (secondary N) is 5. The van der Waals surface area contributed by atoms with Crippen LogP contribution in [0.3, 0.4) is 0 Å². The van der Waals surface area contributed by atoms with Gasteiger partial charge in [0.15, 0.2) is 17.9 Å². The summed E-state index contributed by atoms with van der Waals surface area (Å²) in [6.07, 6.45) is 3.49. The van der Waals surface area contributed by atoms with Crippen LogP contribution in [-0.4, -0.2) is 123 Å². The minimum atomic E-state index is -1.17. The molecular weight excluding hydrogens is 732 g/mol. The van der Waals surface area contributed by atoms with Gasteiger partial charge in [-0.05, 0) is 90.1 Å². The summed E-state index contributed by atoms with van der Waals surface area (Å²) in [5.74, 6) is -4.61. The van der Waals surface area contributed by atoms with E-state index in [2.05, 4.69) is 41.6 Å². The molecule has 5 atom stereocenters. The highest BCUT2D eigenvalue weighted by molar-refractivity contribution is 5.96. The molecule has 24 heteroatoms. The van der Waals surface area contributed by atoms with E-state index in [4.69, 9.17) is 57.3 Å². The monoisotopic (exact) mass is 799 g/mol. The Morgan fingerprint density at radius 3 is 1.09 bits per heavy atom. The van der Waals surface area contributed by atoms with E-state index in [1.54, 1.807) is 0 Å². The van der Waals surface area contributed by atoms with Crippen molar-refractivity contribution < 1.29 is 28.8 Å². The quantitative estimate of drug-likeness (QED) is 0.0176. The second-order valence-electron chi connectivity index (χ2n) is 13.0. The van der Waals surface area contributed by atoms with Crippen LogP contribution in [0.2, 0.25) is 0 Å². The first kappa shape index (κ1) is 50.5. The molecule has 0 aromatic carbocycles. The van der Waals surface area contributed by atoms with Crippen molar-refractivity contribution in [3.8, 4) is 0 Å². The van der Waals surface area contributed by atoms with Gasteiger partial charge in [0.25, 0.3) is 0 Å². The summed E-state index contributed by atoms with van der Waals surface area (Å²) in [7, 11) is 0. The number of unbranched alkanes of at least 4 members (excludes halogenated alkanes) is 2. The number of nitrogens with two attached hydrogens (primary N) is 10. The van der Waals surface area contributed by atoms with Crippen LogP contribution in [0.1, 0.15) is 77.0 Å². The molecule has 0 rings (SSSR count). The van der Waals surface area contributed by atoms with Gasteiger partial charge < -0.3 is 83.9 Å². The summed E-state index contributed by atoms with van der Waals surface area (Å²) in [5, 5.41) is 13.1. The topological polar surface area (TPSA) is 460 Å². The molecule has 24 nitrogen and oxygen atoms in total. The number of carbonyl (C=O) groups is 6. The largest absolute Gasteiger partial charge is 0.370 e. The second kappa shape index (κ2) is 29.8. The molecule has 0 aliphatic carbocycles. The molecule has 0 spiro atoms. The number of amides is 6. The Bertz CT molecular complexity index is 1320. The number of hydrogen-bond acceptors (Lipinski definition) is 12. The summed E-state index contributed by atoms with van der Waals surface area (Å²) < 4.78 is 0. The van der Waals surface area contributed by atoms with Crippen LogP contribution in [-0.2, 0) is 28.8 Å². The molecule has 0 aliphatic heterocycles. The molecule has 6 amide bonds. The Morgan fingerprint density at radius 1 is 0.429 bits per heavy atom. The number of aliphatic imine (C=N–C) groups is 3. The maximum absolute atomic E-state index is 13.9. The summed E-state index contributed by atoms with van der Waals surface area (Å²) in [5.41, 5.74) is 54.9. The van der Waals surface area contributed by atoms with Crippen LogP contribution in [0.4, 0.5) is 0 Å². The highest BCUT2D eigenvalue weighted by Crippen LogP contribution is 2.09. The van der Waals surface area contributed by atoms with Crippen LogP contribution in [0.15, 0.2) is 15.0 Å². The third kappa shape index (κ3) is 24.8. The summed E-state index contributed by atoms with van der Waals surface area (Å²) in [6, 6.07) is -5.63. The molecule has 0 aliphatic rings. The Hall–Kier alpha value is -5.49. The van der Waals surface area contributed by atoms with Gasteiger partial charge in [0.05, 0.1) is 12.6 Å². The van der Waals surface area contributed by atoms with E-state index >= 15 is 0 Å². The zero-order chi connectivity index (χ0) is 42.5. The zero-order valence-corrected chi connectivity index (χ0v) is 32.2. The van der Waals surface area contributed by atoms with Crippen molar-refractivity contribution in [1.82, 2.24) is 26.6 Å². The zero-order valence-electron chi connectivity index (χ0n) is 32.2. The predicted molar refractivity (Wildman–Crippen MR) is 213 cm³/mol. The SMILES string of the molecule is NCCCC[C@@H](NC(=O)[C@@H](CCCN=C(N)N)NC(=O)[C@@H](N)CCCN=C(N)N)C(=O)N[C@H](CCCCN)C(=O)N[C@H](CCCN=C(N)N)C(=O)NCC(N)=O. The first-order chi connectivity index (χ1) is 26.5. The number of hydrogen-bond donors (Lipinski definition) is 15. The molecule has 56 heavy (non-hydrogen) atoms. The van der Waals surface area contributed by atoms with E-state index < -0.39 is 72.2 Å². The molecular formula is C32H66N18O6. The van der Waals surface area contributed by atoms with Crippen LogP contribution in [0.25, 0.3) is 0 Å².